The highest BCUT2D eigenvalue weighted by molar-refractivity contribution is 7.91. The Balaban J connectivity index is 2.23. The molecule has 90 valence electrons. The SMILES string of the molecule is Cc1ccc(S(=O)(=O)N2CCCNCC2)s1. The minimum atomic E-state index is -3.25. The van der Waals surface area contributed by atoms with E-state index < -0.39 is 10.0 Å². The van der Waals surface area contributed by atoms with E-state index in [1.807, 2.05) is 13.0 Å². The van der Waals surface area contributed by atoms with Crippen molar-refractivity contribution in [2.45, 2.75) is 17.6 Å². The molecule has 0 bridgehead atoms. The Morgan fingerprint density at radius 1 is 1.31 bits per heavy atom. The van der Waals surface area contributed by atoms with E-state index in [4.69, 9.17) is 0 Å². The van der Waals surface area contributed by atoms with Gasteiger partial charge in [0, 0.05) is 24.5 Å². The molecule has 1 aliphatic heterocycles. The third-order valence-corrected chi connectivity index (χ3v) is 5.98. The molecule has 1 aromatic heterocycles. The van der Waals surface area contributed by atoms with Gasteiger partial charge in [0.1, 0.15) is 4.21 Å². The highest BCUT2D eigenvalue weighted by Crippen LogP contribution is 2.24. The zero-order valence-corrected chi connectivity index (χ0v) is 10.9. The number of thiophene rings is 1. The largest absolute Gasteiger partial charge is 0.315 e. The van der Waals surface area contributed by atoms with Crippen LogP contribution in [-0.4, -0.2) is 38.9 Å². The number of hydrogen-bond acceptors (Lipinski definition) is 4. The molecule has 2 heterocycles. The molecule has 0 atom stereocenters. The molecule has 0 unspecified atom stereocenters. The van der Waals surface area contributed by atoms with Crippen molar-refractivity contribution in [3.8, 4) is 0 Å². The topological polar surface area (TPSA) is 49.4 Å². The molecule has 1 fully saturated rings. The third-order valence-electron chi connectivity index (χ3n) is 2.61. The van der Waals surface area contributed by atoms with Gasteiger partial charge in [0.15, 0.2) is 0 Å². The number of hydrogen-bond donors (Lipinski definition) is 1. The molecular formula is C10H16N2O2S2. The van der Waals surface area contributed by atoms with Gasteiger partial charge in [0.25, 0.3) is 10.0 Å². The van der Waals surface area contributed by atoms with Crippen LogP contribution in [0.15, 0.2) is 16.3 Å². The quantitative estimate of drug-likeness (QED) is 0.864. The summed E-state index contributed by atoms with van der Waals surface area (Å²) in [4.78, 5) is 1.03. The van der Waals surface area contributed by atoms with Crippen LogP contribution in [0.2, 0.25) is 0 Å². The van der Waals surface area contributed by atoms with Crippen molar-refractivity contribution < 1.29 is 8.42 Å². The number of aryl methyl sites for hydroxylation is 1. The van der Waals surface area contributed by atoms with Gasteiger partial charge in [-0.25, -0.2) is 8.42 Å². The van der Waals surface area contributed by atoms with Gasteiger partial charge in [-0.15, -0.1) is 11.3 Å². The Labute approximate surface area is 100 Å². The molecule has 1 aliphatic rings. The summed E-state index contributed by atoms with van der Waals surface area (Å²) in [6.07, 6.45) is 0.879. The molecule has 0 spiro atoms. The molecule has 0 saturated carbocycles. The second kappa shape index (κ2) is 4.83. The zero-order valence-electron chi connectivity index (χ0n) is 9.27. The van der Waals surface area contributed by atoms with E-state index in [0.717, 1.165) is 24.4 Å². The maximum atomic E-state index is 12.3. The van der Waals surface area contributed by atoms with E-state index in [1.165, 1.54) is 11.3 Å². The van der Waals surface area contributed by atoms with Crippen molar-refractivity contribution >= 4 is 21.4 Å². The lowest BCUT2D eigenvalue weighted by Gasteiger charge is -2.18. The van der Waals surface area contributed by atoms with Gasteiger partial charge >= 0.3 is 0 Å². The van der Waals surface area contributed by atoms with Crippen LogP contribution in [0.1, 0.15) is 11.3 Å². The molecule has 0 radical (unpaired) electrons. The van der Waals surface area contributed by atoms with E-state index >= 15 is 0 Å². The average Bonchev–Trinajstić information content (AvgIpc) is 2.54. The first-order valence-corrected chi connectivity index (χ1v) is 7.64. The van der Waals surface area contributed by atoms with Gasteiger partial charge in [-0.1, -0.05) is 0 Å². The van der Waals surface area contributed by atoms with Gasteiger partial charge in [-0.3, -0.25) is 0 Å². The molecule has 2 rings (SSSR count). The fourth-order valence-corrected chi connectivity index (χ4v) is 4.66. The second-order valence-electron chi connectivity index (χ2n) is 3.87. The summed E-state index contributed by atoms with van der Waals surface area (Å²) in [6, 6.07) is 3.56. The predicted molar refractivity (Wildman–Crippen MR) is 65.3 cm³/mol. The summed E-state index contributed by atoms with van der Waals surface area (Å²) < 4.78 is 26.6. The number of nitrogens with one attached hydrogen (secondary N) is 1. The molecule has 0 amide bonds. The lowest BCUT2D eigenvalue weighted by molar-refractivity contribution is 0.433. The maximum Gasteiger partial charge on any atom is 0.252 e. The van der Waals surface area contributed by atoms with Crippen molar-refractivity contribution in [1.29, 1.82) is 0 Å². The molecule has 0 aromatic carbocycles. The van der Waals surface area contributed by atoms with Crippen LogP contribution >= 0.6 is 11.3 Å². The highest BCUT2D eigenvalue weighted by atomic mass is 32.2. The summed E-state index contributed by atoms with van der Waals surface area (Å²) in [5, 5.41) is 3.20. The fraction of sp³-hybridized carbons (Fsp3) is 0.600. The summed E-state index contributed by atoms with van der Waals surface area (Å²) in [5.41, 5.74) is 0. The Morgan fingerprint density at radius 2 is 2.12 bits per heavy atom. The maximum absolute atomic E-state index is 12.3. The summed E-state index contributed by atoms with van der Waals surface area (Å²) in [7, 11) is -3.25. The van der Waals surface area contributed by atoms with E-state index in [2.05, 4.69) is 5.32 Å². The van der Waals surface area contributed by atoms with Gasteiger partial charge in [0.05, 0.1) is 0 Å². The van der Waals surface area contributed by atoms with Gasteiger partial charge in [-0.2, -0.15) is 4.31 Å². The Morgan fingerprint density at radius 3 is 2.81 bits per heavy atom. The van der Waals surface area contributed by atoms with Crippen LogP contribution in [0.3, 0.4) is 0 Å². The summed E-state index contributed by atoms with van der Waals surface area (Å²) >= 11 is 1.35. The van der Waals surface area contributed by atoms with Crippen LogP contribution in [0.25, 0.3) is 0 Å². The van der Waals surface area contributed by atoms with Crippen molar-refractivity contribution in [2.24, 2.45) is 0 Å². The van der Waals surface area contributed by atoms with Gasteiger partial charge in [-0.05, 0) is 32.0 Å². The van der Waals surface area contributed by atoms with E-state index in [-0.39, 0.29) is 0 Å². The van der Waals surface area contributed by atoms with E-state index in [9.17, 15) is 8.42 Å². The minimum absolute atomic E-state index is 0.465. The van der Waals surface area contributed by atoms with Crippen molar-refractivity contribution in [3.63, 3.8) is 0 Å². The van der Waals surface area contributed by atoms with E-state index in [0.29, 0.717) is 17.3 Å². The first-order chi connectivity index (χ1) is 7.60. The van der Waals surface area contributed by atoms with Crippen LogP contribution < -0.4 is 5.32 Å². The first kappa shape index (κ1) is 12.0. The molecule has 0 aliphatic carbocycles. The molecule has 1 aromatic rings. The third kappa shape index (κ3) is 2.45. The predicted octanol–water partition coefficient (Wildman–Crippen LogP) is 1.04. The molecule has 16 heavy (non-hydrogen) atoms. The minimum Gasteiger partial charge on any atom is -0.315 e. The number of nitrogens with zero attached hydrogens (tertiary/aromatic N) is 1. The van der Waals surface area contributed by atoms with Crippen LogP contribution in [0.4, 0.5) is 0 Å². The molecule has 1 saturated heterocycles. The van der Waals surface area contributed by atoms with Crippen LogP contribution in [-0.2, 0) is 10.0 Å². The second-order valence-corrected chi connectivity index (χ2v) is 7.33. The summed E-state index contributed by atoms with van der Waals surface area (Å²) in [6.45, 7) is 4.75. The van der Waals surface area contributed by atoms with E-state index in [1.54, 1.807) is 10.4 Å². The molecule has 1 N–H and O–H groups in total. The van der Waals surface area contributed by atoms with Gasteiger partial charge in [0.2, 0.25) is 0 Å². The monoisotopic (exact) mass is 260 g/mol. The lowest BCUT2D eigenvalue weighted by Crippen LogP contribution is -2.33. The average molecular weight is 260 g/mol. The molecular weight excluding hydrogens is 244 g/mol. The smallest absolute Gasteiger partial charge is 0.252 e. The number of rotatable bonds is 2. The van der Waals surface area contributed by atoms with Crippen molar-refractivity contribution in [1.82, 2.24) is 9.62 Å². The normalized spacial score (nSPS) is 19.6. The van der Waals surface area contributed by atoms with Crippen molar-refractivity contribution in [2.75, 3.05) is 26.2 Å². The first-order valence-electron chi connectivity index (χ1n) is 5.38. The standard InChI is InChI=1S/C10H16N2O2S2/c1-9-3-4-10(15-9)16(13,14)12-7-2-5-11-6-8-12/h3-4,11H,2,5-8H2,1H3. The fourth-order valence-electron chi connectivity index (χ4n) is 1.74. The lowest BCUT2D eigenvalue weighted by atomic mass is 10.4. The Kier molecular flexibility index (Phi) is 3.63. The summed E-state index contributed by atoms with van der Waals surface area (Å²) in [5.74, 6) is 0. The Hall–Kier alpha value is -0.430. The van der Waals surface area contributed by atoms with Crippen LogP contribution in [0, 0.1) is 6.92 Å². The zero-order chi connectivity index (χ0) is 11.6. The highest BCUT2D eigenvalue weighted by Gasteiger charge is 2.26. The number of sulfonamides is 1. The van der Waals surface area contributed by atoms with Gasteiger partial charge < -0.3 is 5.32 Å². The van der Waals surface area contributed by atoms with Crippen LogP contribution in [0.5, 0.6) is 0 Å². The Bertz CT molecular complexity index is 445. The molecule has 6 heteroatoms. The molecule has 4 nitrogen and oxygen atoms in total. The van der Waals surface area contributed by atoms with Crippen molar-refractivity contribution in [3.05, 3.63) is 17.0 Å².